The lowest BCUT2D eigenvalue weighted by atomic mass is 10.2. The minimum absolute atomic E-state index is 0.205. The topological polar surface area (TPSA) is 21.3 Å². The van der Waals surface area contributed by atoms with Crippen molar-refractivity contribution < 1.29 is 4.74 Å². The third-order valence-electron chi connectivity index (χ3n) is 2.24. The zero-order valence-corrected chi connectivity index (χ0v) is 12.7. The molecule has 0 radical (unpaired) electrons. The summed E-state index contributed by atoms with van der Waals surface area (Å²) < 4.78 is 6.70. The van der Waals surface area contributed by atoms with Crippen LogP contribution in [0, 0.1) is 5.92 Å². The fourth-order valence-corrected chi connectivity index (χ4v) is 2.03. The molecule has 1 rings (SSSR count). The first-order valence-corrected chi connectivity index (χ1v) is 6.94. The fraction of sp³-hybridized carbons (Fsp3) is 0.571. The van der Waals surface area contributed by atoms with Crippen molar-refractivity contribution >= 4 is 15.9 Å². The summed E-state index contributed by atoms with van der Waals surface area (Å²) in [5, 5.41) is 3.43. The second kappa shape index (κ2) is 7.02. The molecule has 0 aliphatic heterocycles. The summed E-state index contributed by atoms with van der Waals surface area (Å²) in [6.07, 6.45) is 0.205. The van der Waals surface area contributed by atoms with E-state index in [0.717, 1.165) is 23.3 Å². The van der Waals surface area contributed by atoms with Crippen LogP contribution in [-0.2, 0) is 6.54 Å². The van der Waals surface area contributed by atoms with E-state index in [1.165, 1.54) is 5.56 Å². The molecule has 1 aromatic rings. The van der Waals surface area contributed by atoms with E-state index in [2.05, 4.69) is 47.2 Å². The molecular weight excluding hydrogens is 278 g/mol. The second-order valence-corrected chi connectivity index (χ2v) is 5.81. The summed E-state index contributed by atoms with van der Waals surface area (Å²) in [5.74, 6) is 1.59. The number of ether oxygens (including phenoxy) is 1. The van der Waals surface area contributed by atoms with Crippen LogP contribution < -0.4 is 10.1 Å². The van der Waals surface area contributed by atoms with E-state index < -0.39 is 0 Å². The van der Waals surface area contributed by atoms with E-state index in [1.807, 2.05) is 19.9 Å². The van der Waals surface area contributed by atoms with Gasteiger partial charge in [0.2, 0.25) is 0 Å². The molecule has 1 N–H and O–H groups in total. The van der Waals surface area contributed by atoms with Gasteiger partial charge in [-0.2, -0.15) is 0 Å². The van der Waals surface area contributed by atoms with Crippen LogP contribution in [0.1, 0.15) is 33.3 Å². The van der Waals surface area contributed by atoms with Crippen LogP contribution in [-0.4, -0.2) is 12.6 Å². The van der Waals surface area contributed by atoms with Gasteiger partial charge in [0.25, 0.3) is 0 Å². The van der Waals surface area contributed by atoms with Gasteiger partial charge < -0.3 is 10.1 Å². The van der Waals surface area contributed by atoms with Gasteiger partial charge in [0.1, 0.15) is 5.75 Å². The van der Waals surface area contributed by atoms with Gasteiger partial charge in [0, 0.05) is 6.54 Å². The van der Waals surface area contributed by atoms with Gasteiger partial charge in [-0.25, -0.2) is 0 Å². The highest BCUT2D eigenvalue weighted by Crippen LogP contribution is 2.26. The summed E-state index contributed by atoms with van der Waals surface area (Å²) in [6.45, 7) is 10.4. The Balaban J connectivity index is 2.56. The molecule has 0 fully saturated rings. The smallest absolute Gasteiger partial charge is 0.133 e. The molecule has 0 spiro atoms. The number of benzene rings is 1. The Kier molecular flexibility index (Phi) is 6.00. The van der Waals surface area contributed by atoms with Gasteiger partial charge >= 0.3 is 0 Å². The Morgan fingerprint density at radius 2 is 1.94 bits per heavy atom. The Morgan fingerprint density at radius 3 is 2.47 bits per heavy atom. The Labute approximate surface area is 113 Å². The molecule has 0 heterocycles. The van der Waals surface area contributed by atoms with E-state index in [0.29, 0.717) is 5.92 Å². The molecule has 0 saturated carbocycles. The molecule has 0 amide bonds. The minimum atomic E-state index is 0.205. The van der Waals surface area contributed by atoms with Crippen molar-refractivity contribution in [2.45, 2.75) is 40.3 Å². The fourth-order valence-electron chi connectivity index (χ4n) is 1.51. The summed E-state index contributed by atoms with van der Waals surface area (Å²) in [4.78, 5) is 0. The molecule has 0 aliphatic carbocycles. The van der Waals surface area contributed by atoms with Gasteiger partial charge in [-0.1, -0.05) is 19.9 Å². The van der Waals surface area contributed by atoms with Crippen molar-refractivity contribution in [3.05, 3.63) is 28.2 Å². The SMILES string of the molecule is CC(C)CNCc1ccc(OC(C)C)c(Br)c1. The van der Waals surface area contributed by atoms with E-state index in [4.69, 9.17) is 4.74 Å². The Bertz CT molecular complexity index is 350. The minimum Gasteiger partial charge on any atom is -0.490 e. The molecular formula is C14H22BrNO. The summed E-state index contributed by atoms with van der Waals surface area (Å²) in [6, 6.07) is 6.25. The lowest BCUT2D eigenvalue weighted by Gasteiger charge is -2.13. The zero-order chi connectivity index (χ0) is 12.8. The van der Waals surface area contributed by atoms with Crippen molar-refractivity contribution in [3.8, 4) is 5.75 Å². The third-order valence-corrected chi connectivity index (χ3v) is 2.86. The molecule has 3 heteroatoms. The monoisotopic (exact) mass is 299 g/mol. The van der Waals surface area contributed by atoms with Gasteiger partial charge in [-0.15, -0.1) is 0 Å². The van der Waals surface area contributed by atoms with Crippen LogP contribution in [0.3, 0.4) is 0 Å². The van der Waals surface area contributed by atoms with Crippen molar-refractivity contribution in [1.82, 2.24) is 5.32 Å². The highest BCUT2D eigenvalue weighted by molar-refractivity contribution is 9.10. The first kappa shape index (κ1) is 14.5. The molecule has 0 aliphatic rings. The standard InChI is InChI=1S/C14H22BrNO/c1-10(2)8-16-9-12-5-6-14(13(15)7-12)17-11(3)4/h5-7,10-11,16H,8-9H2,1-4H3. The summed E-state index contributed by atoms with van der Waals surface area (Å²) >= 11 is 3.54. The van der Waals surface area contributed by atoms with Crippen LogP contribution in [0.2, 0.25) is 0 Å². The molecule has 0 saturated heterocycles. The van der Waals surface area contributed by atoms with Crippen molar-refractivity contribution in [3.63, 3.8) is 0 Å². The van der Waals surface area contributed by atoms with E-state index >= 15 is 0 Å². The number of hydrogen-bond acceptors (Lipinski definition) is 2. The van der Waals surface area contributed by atoms with Gasteiger partial charge in [-0.05, 0) is 59.9 Å². The number of nitrogens with one attached hydrogen (secondary N) is 1. The predicted molar refractivity (Wildman–Crippen MR) is 76.5 cm³/mol. The van der Waals surface area contributed by atoms with E-state index in [9.17, 15) is 0 Å². The first-order valence-electron chi connectivity index (χ1n) is 6.15. The largest absolute Gasteiger partial charge is 0.490 e. The quantitative estimate of drug-likeness (QED) is 0.858. The zero-order valence-electron chi connectivity index (χ0n) is 11.1. The van der Waals surface area contributed by atoms with E-state index in [1.54, 1.807) is 0 Å². The average Bonchev–Trinajstić information content (AvgIpc) is 2.21. The highest BCUT2D eigenvalue weighted by atomic mass is 79.9. The van der Waals surface area contributed by atoms with Crippen LogP contribution in [0.15, 0.2) is 22.7 Å². The number of hydrogen-bond donors (Lipinski definition) is 1. The van der Waals surface area contributed by atoms with Gasteiger partial charge in [-0.3, -0.25) is 0 Å². The Morgan fingerprint density at radius 1 is 1.24 bits per heavy atom. The van der Waals surface area contributed by atoms with Crippen LogP contribution in [0.25, 0.3) is 0 Å². The summed E-state index contributed by atoms with van der Waals surface area (Å²) in [7, 11) is 0. The molecule has 1 aromatic carbocycles. The molecule has 0 unspecified atom stereocenters. The lowest BCUT2D eigenvalue weighted by molar-refractivity contribution is 0.241. The average molecular weight is 300 g/mol. The number of halogens is 1. The molecule has 0 bridgehead atoms. The van der Waals surface area contributed by atoms with Crippen LogP contribution in [0.4, 0.5) is 0 Å². The highest BCUT2D eigenvalue weighted by Gasteiger charge is 2.04. The number of rotatable bonds is 6. The van der Waals surface area contributed by atoms with Crippen molar-refractivity contribution in [2.75, 3.05) is 6.54 Å². The summed E-state index contributed by atoms with van der Waals surface area (Å²) in [5.41, 5.74) is 1.27. The molecule has 2 nitrogen and oxygen atoms in total. The maximum Gasteiger partial charge on any atom is 0.133 e. The maximum absolute atomic E-state index is 5.68. The predicted octanol–water partition coefficient (Wildman–Crippen LogP) is 3.98. The third kappa shape index (κ3) is 5.55. The van der Waals surface area contributed by atoms with E-state index in [-0.39, 0.29) is 6.10 Å². The second-order valence-electron chi connectivity index (χ2n) is 4.96. The molecule has 96 valence electrons. The van der Waals surface area contributed by atoms with Crippen LogP contribution >= 0.6 is 15.9 Å². The van der Waals surface area contributed by atoms with Gasteiger partial charge in [0.15, 0.2) is 0 Å². The molecule has 17 heavy (non-hydrogen) atoms. The van der Waals surface area contributed by atoms with Crippen molar-refractivity contribution in [2.24, 2.45) is 5.92 Å². The molecule has 0 atom stereocenters. The molecule has 0 aromatic heterocycles. The van der Waals surface area contributed by atoms with Gasteiger partial charge in [0.05, 0.1) is 10.6 Å². The normalized spacial score (nSPS) is 11.2. The Hall–Kier alpha value is -0.540. The lowest BCUT2D eigenvalue weighted by Crippen LogP contribution is -2.18. The first-order chi connectivity index (χ1) is 7.99. The maximum atomic E-state index is 5.68. The van der Waals surface area contributed by atoms with Crippen molar-refractivity contribution in [1.29, 1.82) is 0 Å². The van der Waals surface area contributed by atoms with Crippen LogP contribution in [0.5, 0.6) is 5.75 Å².